The summed E-state index contributed by atoms with van der Waals surface area (Å²) >= 11 is 3.53. The highest BCUT2D eigenvalue weighted by atomic mass is 79.9. The number of anilines is 1. The number of ether oxygens (including phenoxy) is 2. The Kier molecular flexibility index (Phi) is 7.09. The molecule has 0 bridgehead atoms. The Morgan fingerprint density at radius 2 is 2.06 bits per heavy atom. The average Bonchev–Trinajstić information content (AvgIpc) is 2.96. The highest BCUT2D eigenvalue weighted by molar-refractivity contribution is 9.10. The van der Waals surface area contributed by atoms with Gasteiger partial charge in [-0.3, -0.25) is 9.59 Å². The van der Waals surface area contributed by atoms with Crippen LogP contribution in [0.5, 0.6) is 11.5 Å². The van der Waals surface area contributed by atoms with Gasteiger partial charge in [0, 0.05) is 10.0 Å². The molecule has 2 amide bonds. The van der Waals surface area contributed by atoms with E-state index in [1.54, 1.807) is 26.0 Å². The lowest BCUT2D eigenvalue weighted by atomic mass is 10.0. The number of nitrogens with zero attached hydrogens (tertiary/aromatic N) is 1. The summed E-state index contributed by atoms with van der Waals surface area (Å²) in [5.74, 6) is 0.819. The molecule has 178 valence electrons. The second-order valence-corrected chi connectivity index (χ2v) is 9.26. The topological polar surface area (TPSA) is 79.9 Å². The van der Waals surface area contributed by atoms with Crippen molar-refractivity contribution in [2.75, 3.05) is 25.7 Å². The molecular weight excluding hydrogens is 498 g/mol. The van der Waals surface area contributed by atoms with E-state index in [4.69, 9.17) is 9.47 Å². The van der Waals surface area contributed by atoms with Crippen molar-refractivity contribution in [2.45, 2.75) is 32.5 Å². The Hall–Kier alpha value is -3.10. The predicted molar refractivity (Wildman–Crippen MR) is 137 cm³/mol. The van der Waals surface area contributed by atoms with Crippen molar-refractivity contribution in [3.8, 4) is 11.5 Å². The number of benzene rings is 3. The molecular formula is C26H28BrN3O4. The molecule has 3 aromatic carbocycles. The Morgan fingerprint density at radius 1 is 1.26 bits per heavy atom. The molecule has 1 aliphatic heterocycles. The Labute approximate surface area is 207 Å². The number of likely N-dealkylation sites (N-methyl/N-ethyl adjacent to an activating group) is 1. The van der Waals surface area contributed by atoms with Gasteiger partial charge < -0.3 is 25.0 Å². The maximum Gasteiger partial charge on any atom is 0.253 e. The van der Waals surface area contributed by atoms with Gasteiger partial charge in [-0.05, 0) is 61.5 Å². The first-order chi connectivity index (χ1) is 16.3. The van der Waals surface area contributed by atoms with Gasteiger partial charge in [0.2, 0.25) is 5.91 Å². The molecule has 8 heteroatoms. The lowest BCUT2D eigenvalue weighted by molar-refractivity contribution is -0.129. The summed E-state index contributed by atoms with van der Waals surface area (Å²) in [5, 5.41) is 7.77. The monoisotopic (exact) mass is 525 g/mol. The van der Waals surface area contributed by atoms with Gasteiger partial charge in [0.05, 0.1) is 25.4 Å². The van der Waals surface area contributed by atoms with Crippen LogP contribution >= 0.6 is 15.9 Å². The molecule has 3 aromatic rings. The third-order valence-electron chi connectivity index (χ3n) is 6.17. The van der Waals surface area contributed by atoms with Gasteiger partial charge in [-0.25, -0.2) is 0 Å². The summed E-state index contributed by atoms with van der Waals surface area (Å²) in [6.45, 7) is 4.00. The number of amides is 2. The third-order valence-corrected chi connectivity index (χ3v) is 6.66. The summed E-state index contributed by atoms with van der Waals surface area (Å²) < 4.78 is 12.7. The minimum Gasteiger partial charge on any atom is -0.496 e. The summed E-state index contributed by atoms with van der Waals surface area (Å²) in [7, 11) is 3.32. The van der Waals surface area contributed by atoms with Crippen molar-refractivity contribution in [1.29, 1.82) is 0 Å². The van der Waals surface area contributed by atoms with Gasteiger partial charge in [0.15, 0.2) is 0 Å². The molecule has 0 unspecified atom stereocenters. The molecule has 0 saturated heterocycles. The largest absolute Gasteiger partial charge is 0.496 e. The maximum absolute atomic E-state index is 13.8. The lowest BCUT2D eigenvalue weighted by Crippen LogP contribution is -2.53. The van der Waals surface area contributed by atoms with E-state index >= 15 is 0 Å². The van der Waals surface area contributed by atoms with Crippen molar-refractivity contribution >= 4 is 44.2 Å². The van der Waals surface area contributed by atoms with Crippen LogP contribution in [0.15, 0.2) is 53.0 Å². The highest BCUT2D eigenvalue weighted by Crippen LogP contribution is 2.38. The zero-order chi connectivity index (χ0) is 24.4. The van der Waals surface area contributed by atoms with Gasteiger partial charge >= 0.3 is 0 Å². The number of fused-ring (bicyclic) bond motifs is 2. The molecule has 34 heavy (non-hydrogen) atoms. The number of rotatable bonds is 6. The van der Waals surface area contributed by atoms with Crippen LogP contribution in [0.25, 0.3) is 10.8 Å². The number of methoxy groups -OCH3 is 1. The second-order valence-electron chi connectivity index (χ2n) is 8.34. The average molecular weight is 526 g/mol. The number of aryl methyl sites for hydroxylation is 1. The normalized spacial score (nSPS) is 16.4. The Balaban J connectivity index is 1.80. The molecule has 2 atom stereocenters. The van der Waals surface area contributed by atoms with Crippen LogP contribution in [0.3, 0.4) is 0 Å². The van der Waals surface area contributed by atoms with Gasteiger partial charge in [0.25, 0.3) is 5.91 Å². The molecule has 0 aromatic heterocycles. The van der Waals surface area contributed by atoms with Crippen LogP contribution in [0, 0.1) is 6.92 Å². The Bertz CT molecular complexity index is 1250. The molecule has 0 fully saturated rings. The lowest BCUT2D eigenvalue weighted by Gasteiger charge is -2.27. The van der Waals surface area contributed by atoms with Crippen LogP contribution in [0.4, 0.5) is 5.69 Å². The molecule has 7 nitrogen and oxygen atoms in total. The number of carbonyl (C=O) groups is 2. The van der Waals surface area contributed by atoms with E-state index in [0.717, 1.165) is 26.4 Å². The molecule has 2 N–H and O–H groups in total. The van der Waals surface area contributed by atoms with E-state index in [-0.39, 0.29) is 25.0 Å². The van der Waals surface area contributed by atoms with Crippen molar-refractivity contribution in [1.82, 2.24) is 10.6 Å². The third kappa shape index (κ3) is 4.60. The van der Waals surface area contributed by atoms with Crippen LogP contribution in [-0.2, 0) is 16.1 Å². The fourth-order valence-electron chi connectivity index (χ4n) is 4.13. The Morgan fingerprint density at radius 3 is 2.79 bits per heavy atom. The van der Waals surface area contributed by atoms with Crippen molar-refractivity contribution in [3.05, 3.63) is 64.1 Å². The highest BCUT2D eigenvalue weighted by Gasteiger charge is 2.34. The van der Waals surface area contributed by atoms with Crippen LogP contribution < -0.4 is 25.0 Å². The summed E-state index contributed by atoms with van der Waals surface area (Å²) in [6, 6.07) is 14.4. The predicted octanol–water partition coefficient (Wildman–Crippen LogP) is 3.94. The van der Waals surface area contributed by atoms with Gasteiger partial charge in [-0.15, -0.1) is 0 Å². The zero-order valence-corrected chi connectivity index (χ0v) is 21.2. The number of para-hydroxylation sites is 1. The fourth-order valence-corrected chi connectivity index (χ4v) is 4.51. The number of hydrogen-bond donors (Lipinski definition) is 2. The van der Waals surface area contributed by atoms with E-state index in [2.05, 4.69) is 26.6 Å². The summed E-state index contributed by atoms with van der Waals surface area (Å²) in [6.07, 6.45) is 0. The second kappa shape index (κ2) is 10.0. The van der Waals surface area contributed by atoms with Crippen LogP contribution in [0.1, 0.15) is 18.1 Å². The minimum atomic E-state index is -0.829. The first kappa shape index (κ1) is 24.0. The van der Waals surface area contributed by atoms with E-state index in [1.165, 1.54) is 0 Å². The number of nitrogens with one attached hydrogen (secondary N) is 2. The van der Waals surface area contributed by atoms with Crippen LogP contribution in [-0.4, -0.2) is 44.7 Å². The fraction of sp³-hybridized carbons (Fsp3) is 0.308. The van der Waals surface area contributed by atoms with Gasteiger partial charge in [-0.2, -0.15) is 0 Å². The van der Waals surface area contributed by atoms with E-state index in [1.807, 2.05) is 55.5 Å². The molecule has 1 aliphatic rings. The van der Waals surface area contributed by atoms with E-state index in [0.29, 0.717) is 17.2 Å². The first-order valence-electron chi connectivity index (χ1n) is 11.1. The van der Waals surface area contributed by atoms with Gasteiger partial charge in [0.1, 0.15) is 24.1 Å². The van der Waals surface area contributed by atoms with Gasteiger partial charge in [-0.1, -0.05) is 40.2 Å². The smallest absolute Gasteiger partial charge is 0.253 e. The first-order valence-corrected chi connectivity index (χ1v) is 11.9. The number of halogens is 1. The molecule has 0 radical (unpaired) electrons. The standard InChI is InChI=1S/C26H28BrN3O4/c1-15-6-5-7-22-24(15)34-14-21(29-25(31)16(2)28-3)26(32)30(22)13-20-19-10-9-18(27)12-17(19)8-11-23(20)33-4/h5-12,16,21,28H,13-14H2,1-4H3,(H,29,31)/t16-,21-/m0/s1. The summed E-state index contributed by atoms with van der Waals surface area (Å²) in [5.41, 5.74) is 2.46. The van der Waals surface area contributed by atoms with Crippen molar-refractivity contribution in [2.24, 2.45) is 0 Å². The van der Waals surface area contributed by atoms with E-state index in [9.17, 15) is 9.59 Å². The molecule has 1 heterocycles. The molecule has 0 aliphatic carbocycles. The minimum absolute atomic E-state index is 0.0506. The number of carbonyl (C=O) groups excluding carboxylic acids is 2. The zero-order valence-electron chi connectivity index (χ0n) is 19.6. The van der Waals surface area contributed by atoms with Crippen molar-refractivity contribution < 1.29 is 19.1 Å². The summed E-state index contributed by atoms with van der Waals surface area (Å²) in [4.78, 5) is 28.1. The van der Waals surface area contributed by atoms with Crippen molar-refractivity contribution in [3.63, 3.8) is 0 Å². The quantitative estimate of drug-likeness (QED) is 0.509. The molecule has 0 spiro atoms. The molecule has 4 rings (SSSR count). The van der Waals surface area contributed by atoms with Crippen LogP contribution in [0.2, 0.25) is 0 Å². The SMILES string of the molecule is CN[C@@H](C)C(=O)N[C@H]1COc2c(C)cccc2N(Cc2c(OC)ccc3cc(Br)ccc23)C1=O. The maximum atomic E-state index is 13.8. The number of hydrogen-bond acceptors (Lipinski definition) is 5. The molecule has 0 saturated carbocycles. The van der Waals surface area contributed by atoms with E-state index < -0.39 is 12.1 Å².